The summed E-state index contributed by atoms with van der Waals surface area (Å²) >= 11 is 11.2. The molecule has 0 radical (unpaired) electrons. The first-order chi connectivity index (χ1) is 7.40. The van der Waals surface area contributed by atoms with Gasteiger partial charge in [-0.2, -0.15) is 0 Å². The third-order valence-corrected chi connectivity index (χ3v) is 2.69. The van der Waals surface area contributed by atoms with Crippen LogP contribution in [0.5, 0.6) is 0 Å². The molecule has 0 aliphatic rings. The summed E-state index contributed by atoms with van der Waals surface area (Å²) in [5, 5.41) is 9.19. The Balaban J connectivity index is 0.000000293. The van der Waals surface area contributed by atoms with Gasteiger partial charge in [0.05, 0.1) is 21.7 Å². The molecule has 0 fully saturated rings. The van der Waals surface area contributed by atoms with E-state index in [1.165, 1.54) is 0 Å². The number of carboxylic acid groups (broad SMARTS) is 1. The molecule has 0 heterocycles. The fourth-order valence-corrected chi connectivity index (χ4v) is 1.08. The Morgan fingerprint density at radius 1 is 1.44 bits per heavy atom. The van der Waals surface area contributed by atoms with Crippen LogP contribution in [0, 0.1) is 5.92 Å². The summed E-state index contributed by atoms with van der Waals surface area (Å²) in [5.74, 6) is -0.887. The van der Waals surface area contributed by atoms with Crippen molar-refractivity contribution in [3.8, 4) is 0 Å². The molecule has 0 aromatic heterocycles. The molecular formula is C11H15Cl2NO2. The number of hydrogen-bond acceptors (Lipinski definition) is 2. The van der Waals surface area contributed by atoms with Gasteiger partial charge in [0.1, 0.15) is 0 Å². The number of benzene rings is 1. The van der Waals surface area contributed by atoms with Crippen LogP contribution in [0.1, 0.15) is 20.3 Å². The highest BCUT2D eigenvalue weighted by molar-refractivity contribution is 6.38. The molecule has 1 rings (SSSR count). The molecule has 3 nitrogen and oxygen atoms in total. The van der Waals surface area contributed by atoms with Crippen LogP contribution in [0.15, 0.2) is 18.2 Å². The number of anilines is 1. The zero-order valence-corrected chi connectivity index (χ0v) is 10.7. The Bertz CT molecular complexity index is 336. The molecule has 1 aromatic rings. The number of rotatable bonds is 2. The number of para-hydroxylation sites is 1. The summed E-state index contributed by atoms with van der Waals surface area (Å²) in [6, 6.07) is 5.15. The van der Waals surface area contributed by atoms with Gasteiger partial charge in [0.15, 0.2) is 0 Å². The molecule has 0 amide bonds. The van der Waals surface area contributed by atoms with E-state index in [0.717, 1.165) is 6.42 Å². The van der Waals surface area contributed by atoms with E-state index in [1.54, 1.807) is 25.1 Å². The molecule has 0 saturated heterocycles. The van der Waals surface area contributed by atoms with E-state index in [-0.39, 0.29) is 5.92 Å². The van der Waals surface area contributed by atoms with Gasteiger partial charge in [-0.15, -0.1) is 0 Å². The van der Waals surface area contributed by atoms with Crippen molar-refractivity contribution in [2.45, 2.75) is 20.3 Å². The van der Waals surface area contributed by atoms with Gasteiger partial charge in [-0.05, 0) is 18.6 Å². The van der Waals surface area contributed by atoms with Crippen molar-refractivity contribution >= 4 is 34.9 Å². The zero-order chi connectivity index (χ0) is 12.7. The Labute approximate surface area is 105 Å². The number of halogens is 2. The third-order valence-electron chi connectivity index (χ3n) is 2.03. The maximum atomic E-state index is 9.93. The van der Waals surface area contributed by atoms with E-state index >= 15 is 0 Å². The summed E-state index contributed by atoms with van der Waals surface area (Å²) in [5.41, 5.74) is 5.86. The molecule has 0 bridgehead atoms. The molecule has 5 heteroatoms. The van der Waals surface area contributed by atoms with Crippen LogP contribution in [-0.4, -0.2) is 11.1 Å². The van der Waals surface area contributed by atoms with Crippen LogP contribution in [-0.2, 0) is 4.79 Å². The van der Waals surface area contributed by atoms with Gasteiger partial charge in [-0.25, -0.2) is 0 Å². The summed E-state index contributed by atoms with van der Waals surface area (Å²) in [6.45, 7) is 3.56. The molecule has 1 atom stereocenters. The van der Waals surface area contributed by atoms with Crippen LogP contribution in [0.3, 0.4) is 0 Å². The van der Waals surface area contributed by atoms with Gasteiger partial charge < -0.3 is 10.8 Å². The highest BCUT2D eigenvalue weighted by Crippen LogP contribution is 2.25. The molecule has 1 aromatic carbocycles. The first-order valence-corrected chi connectivity index (χ1v) is 5.58. The minimum atomic E-state index is -0.706. The summed E-state index contributed by atoms with van der Waals surface area (Å²) in [4.78, 5) is 9.93. The molecule has 0 aliphatic carbocycles. The molecular weight excluding hydrogens is 249 g/mol. The molecule has 90 valence electrons. The minimum Gasteiger partial charge on any atom is -0.481 e. The number of nitrogens with two attached hydrogens (primary N) is 1. The SMILES string of the molecule is CCC(C)C(=O)O.Nc1c(Cl)cccc1Cl. The number of carboxylic acids is 1. The average Bonchev–Trinajstić information content (AvgIpc) is 2.25. The number of hydrogen-bond donors (Lipinski definition) is 2. The molecule has 0 saturated carbocycles. The Kier molecular flexibility index (Phi) is 6.93. The van der Waals surface area contributed by atoms with Gasteiger partial charge >= 0.3 is 5.97 Å². The lowest BCUT2D eigenvalue weighted by Crippen LogP contribution is -2.06. The van der Waals surface area contributed by atoms with Crippen LogP contribution < -0.4 is 5.73 Å². The van der Waals surface area contributed by atoms with Gasteiger partial charge in [0.2, 0.25) is 0 Å². The first-order valence-electron chi connectivity index (χ1n) is 4.82. The van der Waals surface area contributed by atoms with E-state index in [1.807, 2.05) is 6.92 Å². The van der Waals surface area contributed by atoms with Crippen molar-refractivity contribution in [1.82, 2.24) is 0 Å². The molecule has 0 spiro atoms. The van der Waals surface area contributed by atoms with Crippen molar-refractivity contribution in [3.05, 3.63) is 28.2 Å². The Hall–Kier alpha value is -0.930. The van der Waals surface area contributed by atoms with E-state index in [4.69, 9.17) is 34.0 Å². The Morgan fingerprint density at radius 2 is 1.88 bits per heavy atom. The van der Waals surface area contributed by atoms with E-state index < -0.39 is 5.97 Å². The van der Waals surface area contributed by atoms with Gasteiger partial charge in [0, 0.05) is 0 Å². The van der Waals surface area contributed by atoms with E-state index in [9.17, 15) is 4.79 Å². The second-order valence-electron chi connectivity index (χ2n) is 3.28. The van der Waals surface area contributed by atoms with Crippen LogP contribution in [0.25, 0.3) is 0 Å². The fourth-order valence-electron chi connectivity index (χ4n) is 0.685. The lowest BCUT2D eigenvalue weighted by atomic mass is 10.1. The van der Waals surface area contributed by atoms with Crippen LogP contribution in [0.4, 0.5) is 5.69 Å². The highest BCUT2D eigenvalue weighted by Gasteiger charge is 2.05. The largest absolute Gasteiger partial charge is 0.481 e. The second-order valence-corrected chi connectivity index (χ2v) is 4.10. The predicted molar refractivity (Wildman–Crippen MR) is 68.0 cm³/mol. The molecule has 1 unspecified atom stereocenters. The van der Waals surface area contributed by atoms with Gasteiger partial charge in [0.25, 0.3) is 0 Å². The molecule has 3 N–H and O–H groups in total. The Morgan fingerprint density at radius 3 is 2.06 bits per heavy atom. The second kappa shape index (κ2) is 7.36. The molecule has 16 heavy (non-hydrogen) atoms. The smallest absolute Gasteiger partial charge is 0.306 e. The maximum absolute atomic E-state index is 9.93. The van der Waals surface area contributed by atoms with Crippen LogP contribution in [0.2, 0.25) is 10.0 Å². The van der Waals surface area contributed by atoms with Crippen molar-refractivity contribution in [2.75, 3.05) is 5.73 Å². The predicted octanol–water partition coefficient (Wildman–Crippen LogP) is 3.69. The zero-order valence-electron chi connectivity index (χ0n) is 9.21. The number of aliphatic carboxylic acids is 1. The van der Waals surface area contributed by atoms with Gasteiger partial charge in [-0.3, -0.25) is 4.79 Å². The quantitative estimate of drug-likeness (QED) is 0.800. The third kappa shape index (κ3) is 5.24. The summed E-state index contributed by atoms with van der Waals surface area (Å²) in [6.07, 6.45) is 0.718. The fraction of sp³-hybridized carbons (Fsp3) is 0.364. The lowest BCUT2D eigenvalue weighted by molar-refractivity contribution is -0.141. The maximum Gasteiger partial charge on any atom is 0.306 e. The van der Waals surface area contributed by atoms with Crippen molar-refractivity contribution in [1.29, 1.82) is 0 Å². The summed E-state index contributed by atoms with van der Waals surface area (Å²) in [7, 11) is 0. The topological polar surface area (TPSA) is 63.3 Å². The highest BCUT2D eigenvalue weighted by atomic mass is 35.5. The number of carbonyl (C=O) groups is 1. The summed E-state index contributed by atoms with van der Waals surface area (Å²) < 4.78 is 0. The average molecular weight is 264 g/mol. The number of nitrogen functional groups attached to an aromatic ring is 1. The lowest BCUT2D eigenvalue weighted by Gasteiger charge is -1.96. The first kappa shape index (κ1) is 15.1. The minimum absolute atomic E-state index is 0.181. The van der Waals surface area contributed by atoms with Crippen molar-refractivity contribution in [2.24, 2.45) is 5.92 Å². The van der Waals surface area contributed by atoms with E-state index in [2.05, 4.69) is 0 Å². The normalized spacial score (nSPS) is 11.2. The van der Waals surface area contributed by atoms with Gasteiger partial charge in [-0.1, -0.05) is 43.1 Å². The van der Waals surface area contributed by atoms with Crippen molar-refractivity contribution < 1.29 is 9.90 Å². The van der Waals surface area contributed by atoms with Crippen molar-refractivity contribution in [3.63, 3.8) is 0 Å². The standard InChI is InChI=1S/C6H5Cl2N.C5H10O2/c7-4-2-1-3-5(8)6(4)9;1-3-4(2)5(6)7/h1-3H,9H2;4H,3H2,1-2H3,(H,6,7). The van der Waals surface area contributed by atoms with E-state index in [0.29, 0.717) is 15.7 Å². The molecule has 0 aliphatic heterocycles. The monoisotopic (exact) mass is 263 g/mol. The van der Waals surface area contributed by atoms with Crippen LogP contribution >= 0.6 is 23.2 Å².